The third-order valence-corrected chi connectivity index (χ3v) is 1.01. The van der Waals surface area contributed by atoms with Crippen molar-refractivity contribution in [1.82, 2.24) is 4.98 Å². The third kappa shape index (κ3) is 3.14. The van der Waals surface area contributed by atoms with Gasteiger partial charge >= 0.3 is 6.36 Å². The summed E-state index contributed by atoms with van der Waals surface area (Å²) in [5, 5.41) is 0. The maximum Gasteiger partial charge on any atom is 0.574 e. The molecule has 2 N–H and O–H groups in total. The Hall–Kier alpha value is -1.53. The van der Waals surface area contributed by atoms with Crippen LogP contribution in [-0.2, 0) is 0 Å². The lowest BCUT2D eigenvalue weighted by molar-refractivity contribution is -0.276. The Kier molecular flexibility index (Phi) is 2.26. The van der Waals surface area contributed by atoms with Crippen LogP contribution in [0, 0.1) is 5.95 Å². The van der Waals surface area contributed by atoms with Crippen LogP contribution in [0.4, 0.5) is 23.2 Å². The van der Waals surface area contributed by atoms with E-state index in [9.17, 15) is 17.6 Å². The fraction of sp³-hybridized carbons (Fsp3) is 0.167. The van der Waals surface area contributed by atoms with Crippen LogP contribution < -0.4 is 10.5 Å². The van der Waals surface area contributed by atoms with Gasteiger partial charge in [0.1, 0.15) is 0 Å². The van der Waals surface area contributed by atoms with Gasteiger partial charge in [0.05, 0.1) is 0 Å². The molecule has 0 fully saturated rings. The number of nitrogens with two attached hydrogens (primary N) is 1. The molecule has 0 aliphatic rings. The highest BCUT2D eigenvalue weighted by atomic mass is 19.4. The molecule has 0 aliphatic heterocycles. The number of nitrogens with zero attached hydrogens (tertiary/aromatic N) is 1. The highest BCUT2D eigenvalue weighted by molar-refractivity contribution is 5.39. The largest absolute Gasteiger partial charge is 0.574 e. The van der Waals surface area contributed by atoms with Gasteiger partial charge in [-0.25, -0.2) is 0 Å². The molecule has 0 atom stereocenters. The first-order chi connectivity index (χ1) is 5.87. The highest BCUT2D eigenvalue weighted by Crippen LogP contribution is 2.22. The molecule has 1 aromatic heterocycles. The summed E-state index contributed by atoms with van der Waals surface area (Å²) < 4.78 is 50.4. The third-order valence-electron chi connectivity index (χ3n) is 1.01. The van der Waals surface area contributed by atoms with Crippen LogP contribution in [0.15, 0.2) is 12.1 Å². The molecule has 1 heterocycles. The van der Waals surface area contributed by atoms with E-state index < -0.39 is 18.2 Å². The van der Waals surface area contributed by atoms with E-state index in [0.29, 0.717) is 0 Å². The summed E-state index contributed by atoms with van der Waals surface area (Å²) in [6, 6.07) is 1.56. The van der Waals surface area contributed by atoms with E-state index in [2.05, 4.69) is 9.72 Å². The number of aromatic nitrogens is 1. The Labute approximate surface area is 70.1 Å². The van der Waals surface area contributed by atoms with Crippen molar-refractivity contribution < 1.29 is 22.3 Å². The van der Waals surface area contributed by atoms with Crippen LogP contribution in [0.1, 0.15) is 0 Å². The number of pyridine rings is 1. The first-order valence-corrected chi connectivity index (χ1v) is 3.05. The van der Waals surface area contributed by atoms with E-state index in [1.165, 1.54) is 0 Å². The molecule has 0 bridgehead atoms. The quantitative estimate of drug-likeness (QED) is 0.549. The number of rotatable bonds is 1. The van der Waals surface area contributed by atoms with Crippen LogP contribution in [-0.4, -0.2) is 11.3 Å². The van der Waals surface area contributed by atoms with E-state index in [-0.39, 0.29) is 5.69 Å². The summed E-state index contributed by atoms with van der Waals surface area (Å²) in [5.41, 5.74) is 4.86. The Balaban J connectivity index is 2.90. The van der Waals surface area contributed by atoms with Crippen LogP contribution in [0.5, 0.6) is 5.88 Å². The Morgan fingerprint density at radius 2 is 1.92 bits per heavy atom. The molecule has 3 nitrogen and oxygen atoms in total. The molecule has 13 heavy (non-hydrogen) atoms. The first kappa shape index (κ1) is 9.56. The van der Waals surface area contributed by atoms with E-state index in [1.54, 1.807) is 0 Å². The van der Waals surface area contributed by atoms with Gasteiger partial charge in [-0.2, -0.15) is 9.37 Å². The number of halogens is 4. The number of nitrogen functional groups attached to an aromatic ring is 1. The molecule has 0 aliphatic carbocycles. The molecule has 0 radical (unpaired) electrons. The van der Waals surface area contributed by atoms with E-state index >= 15 is 0 Å². The van der Waals surface area contributed by atoms with Crippen LogP contribution in [0.3, 0.4) is 0 Å². The fourth-order valence-corrected chi connectivity index (χ4v) is 0.662. The summed E-state index contributed by atoms with van der Waals surface area (Å²) in [6.07, 6.45) is -4.90. The molecule has 0 spiro atoms. The van der Waals surface area contributed by atoms with E-state index in [0.717, 1.165) is 12.1 Å². The minimum atomic E-state index is -4.90. The second-order valence-corrected chi connectivity index (χ2v) is 2.11. The monoisotopic (exact) mass is 196 g/mol. The minimum Gasteiger partial charge on any atom is -0.398 e. The minimum absolute atomic E-state index is 0.188. The summed E-state index contributed by atoms with van der Waals surface area (Å²) in [7, 11) is 0. The lowest BCUT2D eigenvalue weighted by atomic mass is 10.4. The summed E-state index contributed by atoms with van der Waals surface area (Å²) in [5.74, 6) is -2.04. The highest BCUT2D eigenvalue weighted by Gasteiger charge is 2.32. The topological polar surface area (TPSA) is 48.1 Å². The lowest BCUT2D eigenvalue weighted by Crippen LogP contribution is -2.18. The van der Waals surface area contributed by atoms with Crippen LogP contribution >= 0.6 is 0 Å². The second kappa shape index (κ2) is 3.08. The van der Waals surface area contributed by atoms with Gasteiger partial charge in [-0.15, -0.1) is 13.2 Å². The molecule has 0 amide bonds. The molecular weight excluding hydrogens is 192 g/mol. The maximum absolute atomic E-state index is 12.4. The summed E-state index contributed by atoms with van der Waals surface area (Å²) >= 11 is 0. The zero-order valence-corrected chi connectivity index (χ0v) is 6.10. The van der Waals surface area contributed by atoms with Crippen molar-refractivity contribution in [3.63, 3.8) is 0 Å². The molecule has 0 saturated carbocycles. The van der Waals surface area contributed by atoms with Gasteiger partial charge in [-0.05, 0) is 0 Å². The standard InChI is InChI=1S/C6H4F4N2O/c7-4-1-3(11)2-5(12-4)13-6(8,9)10/h1-2H,(H2,11,12). The zero-order chi connectivity index (χ0) is 10.1. The summed E-state index contributed by atoms with van der Waals surface area (Å²) in [4.78, 5) is 2.83. The predicted octanol–water partition coefficient (Wildman–Crippen LogP) is 1.70. The SMILES string of the molecule is Nc1cc(F)nc(OC(F)(F)F)c1. The van der Waals surface area contributed by atoms with Crippen LogP contribution in [0.25, 0.3) is 0 Å². The van der Waals surface area contributed by atoms with Crippen molar-refractivity contribution in [2.24, 2.45) is 0 Å². The molecule has 1 rings (SSSR count). The normalized spacial score (nSPS) is 11.4. The smallest absolute Gasteiger partial charge is 0.398 e. The van der Waals surface area contributed by atoms with E-state index in [4.69, 9.17) is 5.73 Å². The van der Waals surface area contributed by atoms with Crippen LogP contribution in [0.2, 0.25) is 0 Å². The van der Waals surface area contributed by atoms with Crippen molar-refractivity contribution in [2.75, 3.05) is 5.73 Å². The number of anilines is 1. The average Bonchev–Trinajstić information content (AvgIpc) is 1.78. The van der Waals surface area contributed by atoms with Gasteiger partial charge in [0.2, 0.25) is 11.8 Å². The van der Waals surface area contributed by atoms with Gasteiger partial charge in [0, 0.05) is 17.8 Å². The average molecular weight is 196 g/mol. The van der Waals surface area contributed by atoms with E-state index in [1.807, 2.05) is 0 Å². The van der Waals surface area contributed by atoms with Crippen molar-refractivity contribution in [3.8, 4) is 5.88 Å². The fourth-order valence-electron chi connectivity index (χ4n) is 0.662. The second-order valence-electron chi connectivity index (χ2n) is 2.11. The molecular formula is C6H4F4N2O. The lowest BCUT2D eigenvalue weighted by Gasteiger charge is -2.07. The molecule has 72 valence electrons. The summed E-state index contributed by atoms with van der Waals surface area (Å²) in [6.45, 7) is 0. The van der Waals surface area contributed by atoms with Crippen molar-refractivity contribution in [3.05, 3.63) is 18.1 Å². The number of hydrogen-bond acceptors (Lipinski definition) is 3. The maximum atomic E-state index is 12.4. The molecule has 0 saturated heterocycles. The molecule has 1 aromatic rings. The van der Waals surface area contributed by atoms with Gasteiger partial charge in [0.25, 0.3) is 0 Å². The molecule has 0 aromatic carbocycles. The number of ether oxygens (including phenoxy) is 1. The predicted molar refractivity (Wildman–Crippen MR) is 35.3 cm³/mol. The van der Waals surface area contributed by atoms with Gasteiger partial charge < -0.3 is 10.5 Å². The van der Waals surface area contributed by atoms with Crippen molar-refractivity contribution in [2.45, 2.75) is 6.36 Å². The molecule has 0 unspecified atom stereocenters. The number of alkyl halides is 3. The zero-order valence-electron chi connectivity index (χ0n) is 6.10. The molecule has 7 heteroatoms. The van der Waals surface area contributed by atoms with Gasteiger partial charge in [-0.1, -0.05) is 0 Å². The Bertz CT molecular complexity index is 292. The number of hydrogen-bond donors (Lipinski definition) is 1. The first-order valence-electron chi connectivity index (χ1n) is 3.05. The van der Waals surface area contributed by atoms with Gasteiger partial charge in [0.15, 0.2) is 0 Å². The van der Waals surface area contributed by atoms with Crippen molar-refractivity contribution in [1.29, 1.82) is 0 Å². The Morgan fingerprint density at radius 3 is 2.38 bits per heavy atom. The Morgan fingerprint density at radius 1 is 1.31 bits per heavy atom. The van der Waals surface area contributed by atoms with Crippen molar-refractivity contribution >= 4 is 5.69 Å². The van der Waals surface area contributed by atoms with Gasteiger partial charge in [-0.3, -0.25) is 0 Å².